The van der Waals surface area contributed by atoms with Crippen LogP contribution in [0.1, 0.15) is 62.9 Å². The lowest BCUT2D eigenvalue weighted by Gasteiger charge is -2.27. The first-order valence-corrected chi connectivity index (χ1v) is 8.99. The zero-order chi connectivity index (χ0) is 14.1. The summed E-state index contributed by atoms with van der Waals surface area (Å²) >= 11 is 1.94. The quantitative estimate of drug-likeness (QED) is 0.865. The second kappa shape index (κ2) is 6.02. The van der Waals surface area contributed by atoms with Crippen LogP contribution in [0.2, 0.25) is 0 Å². The van der Waals surface area contributed by atoms with E-state index < -0.39 is 0 Å². The number of hydrogen-bond donors (Lipinski definition) is 1. The number of nitrogens with zero attached hydrogens (tertiary/aromatic N) is 2. The molecule has 3 rings (SSSR count). The standard InChI is InChI=1S/C16H27N3S/c1-4-17-10-14-15(12-7-8-12)18-16(20-14)19-9-5-6-13(19)11(2)3/h11-13,17H,4-10H2,1-3H3. The molecule has 3 nitrogen and oxygen atoms in total. The molecule has 1 unspecified atom stereocenters. The van der Waals surface area contributed by atoms with Crippen molar-refractivity contribution < 1.29 is 0 Å². The van der Waals surface area contributed by atoms with Crippen molar-refractivity contribution in [1.82, 2.24) is 10.3 Å². The third-order valence-electron chi connectivity index (χ3n) is 4.53. The summed E-state index contributed by atoms with van der Waals surface area (Å²) in [6.45, 7) is 10.1. The van der Waals surface area contributed by atoms with Gasteiger partial charge < -0.3 is 10.2 Å². The van der Waals surface area contributed by atoms with E-state index in [1.807, 2.05) is 11.3 Å². The van der Waals surface area contributed by atoms with Crippen molar-refractivity contribution in [2.45, 2.75) is 65.0 Å². The van der Waals surface area contributed by atoms with E-state index in [1.165, 1.54) is 47.9 Å². The fourth-order valence-corrected chi connectivity index (χ4v) is 4.44. The maximum Gasteiger partial charge on any atom is 0.186 e. The predicted molar refractivity (Wildman–Crippen MR) is 86.7 cm³/mol. The van der Waals surface area contributed by atoms with E-state index >= 15 is 0 Å². The Hall–Kier alpha value is -0.610. The molecule has 0 amide bonds. The van der Waals surface area contributed by atoms with Crippen LogP contribution in [0.3, 0.4) is 0 Å². The second-order valence-corrected chi connectivity index (χ2v) is 7.57. The molecule has 4 heteroatoms. The summed E-state index contributed by atoms with van der Waals surface area (Å²) in [5.41, 5.74) is 1.40. The van der Waals surface area contributed by atoms with Gasteiger partial charge in [0.2, 0.25) is 0 Å². The van der Waals surface area contributed by atoms with E-state index in [1.54, 1.807) is 0 Å². The summed E-state index contributed by atoms with van der Waals surface area (Å²) in [6, 6.07) is 0.695. The van der Waals surface area contributed by atoms with Crippen molar-refractivity contribution in [3.05, 3.63) is 10.6 Å². The average molecular weight is 293 g/mol. The first-order valence-electron chi connectivity index (χ1n) is 8.17. The van der Waals surface area contributed by atoms with Crippen LogP contribution in [-0.4, -0.2) is 24.1 Å². The minimum absolute atomic E-state index is 0.695. The topological polar surface area (TPSA) is 28.2 Å². The molecule has 1 saturated carbocycles. The Morgan fingerprint density at radius 1 is 1.35 bits per heavy atom. The number of rotatable bonds is 6. The maximum absolute atomic E-state index is 5.04. The highest BCUT2D eigenvalue weighted by Crippen LogP contribution is 2.45. The molecule has 0 bridgehead atoms. The molecule has 2 heterocycles. The smallest absolute Gasteiger partial charge is 0.186 e. The highest BCUT2D eigenvalue weighted by Gasteiger charge is 2.33. The highest BCUT2D eigenvalue weighted by atomic mass is 32.1. The molecule has 0 radical (unpaired) electrons. The molecule has 112 valence electrons. The van der Waals surface area contributed by atoms with Crippen LogP contribution in [0.4, 0.5) is 5.13 Å². The van der Waals surface area contributed by atoms with Crippen molar-refractivity contribution in [1.29, 1.82) is 0 Å². The largest absolute Gasteiger partial charge is 0.345 e. The number of anilines is 1. The van der Waals surface area contributed by atoms with E-state index in [2.05, 4.69) is 31.0 Å². The van der Waals surface area contributed by atoms with Crippen molar-refractivity contribution in [3.8, 4) is 0 Å². The van der Waals surface area contributed by atoms with Crippen LogP contribution in [0.25, 0.3) is 0 Å². The van der Waals surface area contributed by atoms with Crippen molar-refractivity contribution >= 4 is 16.5 Å². The Balaban J connectivity index is 1.82. The summed E-state index contributed by atoms with van der Waals surface area (Å²) in [5, 5.41) is 4.77. The Morgan fingerprint density at radius 3 is 2.80 bits per heavy atom. The molecule has 1 aromatic heterocycles. The van der Waals surface area contributed by atoms with Crippen molar-refractivity contribution in [2.75, 3.05) is 18.0 Å². The summed E-state index contributed by atoms with van der Waals surface area (Å²) in [6.07, 6.45) is 5.34. The summed E-state index contributed by atoms with van der Waals surface area (Å²) in [7, 11) is 0. The molecule has 20 heavy (non-hydrogen) atoms. The normalized spacial score (nSPS) is 23.0. The van der Waals surface area contributed by atoms with E-state index in [9.17, 15) is 0 Å². The molecule has 0 aromatic carbocycles. The summed E-state index contributed by atoms with van der Waals surface area (Å²) in [5.74, 6) is 1.48. The predicted octanol–water partition coefficient (Wildman–Crippen LogP) is 3.75. The lowest BCUT2D eigenvalue weighted by Crippen LogP contribution is -2.33. The van der Waals surface area contributed by atoms with Crippen LogP contribution in [0.15, 0.2) is 0 Å². The number of aromatic nitrogens is 1. The van der Waals surface area contributed by atoms with Gasteiger partial charge in [-0.25, -0.2) is 4.98 Å². The highest BCUT2D eigenvalue weighted by molar-refractivity contribution is 7.15. The van der Waals surface area contributed by atoms with Crippen LogP contribution < -0.4 is 10.2 Å². The fourth-order valence-electron chi connectivity index (χ4n) is 3.24. The Kier molecular flexibility index (Phi) is 4.32. The van der Waals surface area contributed by atoms with Crippen LogP contribution >= 0.6 is 11.3 Å². The molecule has 0 spiro atoms. The second-order valence-electron chi connectivity index (χ2n) is 6.51. The maximum atomic E-state index is 5.04. The zero-order valence-electron chi connectivity index (χ0n) is 13.0. The monoisotopic (exact) mass is 293 g/mol. The minimum Gasteiger partial charge on any atom is -0.345 e. The summed E-state index contributed by atoms with van der Waals surface area (Å²) < 4.78 is 0. The van der Waals surface area contributed by atoms with Gasteiger partial charge in [0.15, 0.2) is 5.13 Å². The van der Waals surface area contributed by atoms with E-state index in [0.717, 1.165) is 24.9 Å². The molecule has 1 N–H and O–H groups in total. The van der Waals surface area contributed by atoms with Gasteiger partial charge in [-0.2, -0.15) is 0 Å². The Labute approximate surface area is 126 Å². The Morgan fingerprint density at radius 2 is 2.15 bits per heavy atom. The van der Waals surface area contributed by atoms with Crippen molar-refractivity contribution in [2.24, 2.45) is 5.92 Å². The molecule has 2 aliphatic rings. The lowest BCUT2D eigenvalue weighted by molar-refractivity contribution is 0.491. The van der Waals surface area contributed by atoms with Gasteiger partial charge in [0.25, 0.3) is 0 Å². The van der Waals surface area contributed by atoms with E-state index in [-0.39, 0.29) is 0 Å². The number of thiazole rings is 1. The van der Waals surface area contributed by atoms with Gasteiger partial charge >= 0.3 is 0 Å². The fraction of sp³-hybridized carbons (Fsp3) is 0.812. The SMILES string of the molecule is CCNCc1sc(N2CCCC2C(C)C)nc1C1CC1. The van der Waals surface area contributed by atoms with Gasteiger partial charge in [0.05, 0.1) is 5.69 Å². The van der Waals surface area contributed by atoms with Gasteiger partial charge in [0.1, 0.15) is 0 Å². The molecule has 1 aromatic rings. The molecular formula is C16H27N3S. The molecule has 1 aliphatic heterocycles. The van der Waals surface area contributed by atoms with Gasteiger partial charge in [-0.15, -0.1) is 11.3 Å². The Bertz CT molecular complexity index is 451. The molecule has 2 fully saturated rings. The number of hydrogen-bond acceptors (Lipinski definition) is 4. The van der Waals surface area contributed by atoms with Crippen LogP contribution in [-0.2, 0) is 6.54 Å². The summed E-state index contributed by atoms with van der Waals surface area (Å²) in [4.78, 5) is 9.11. The van der Waals surface area contributed by atoms with E-state index in [0.29, 0.717) is 6.04 Å². The molecule has 1 atom stereocenters. The number of nitrogens with one attached hydrogen (secondary N) is 1. The van der Waals surface area contributed by atoms with Crippen LogP contribution in [0.5, 0.6) is 0 Å². The van der Waals surface area contributed by atoms with E-state index in [4.69, 9.17) is 4.98 Å². The third kappa shape index (κ3) is 2.86. The third-order valence-corrected chi connectivity index (χ3v) is 5.64. The molecular weight excluding hydrogens is 266 g/mol. The van der Waals surface area contributed by atoms with Gasteiger partial charge in [-0.05, 0) is 38.1 Å². The van der Waals surface area contributed by atoms with Crippen LogP contribution in [0, 0.1) is 5.92 Å². The van der Waals surface area contributed by atoms with Crippen molar-refractivity contribution in [3.63, 3.8) is 0 Å². The zero-order valence-corrected chi connectivity index (χ0v) is 13.8. The molecule has 1 saturated heterocycles. The lowest BCUT2D eigenvalue weighted by atomic mass is 10.0. The minimum atomic E-state index is 0.695. The first-order chi connectivity index (χ1) is 9.70. The average Bonchev–Trinajstić information content (AvgIpc) is 3.01. The van der Waals surface area contributed by atoms with Gasteiger partial charge in [-0.3, -0.25) is 0 Å². The van der Waals surface area contributed by atoms with Gasteiger partial charge in [0, 0.05) is 29.9 Å². The van der Waals surface area contributed by atoms with Gasteiger partial charge in [-0.1, -0.05) is 20.8 Å². The molecule has 1 aliphatic carbocycles. The first kappa shape index (κ1) is 14.3.